The molecule has 98 valence electrons. The summed E-state index contributed by atoms with van der Waals surface area (Å²) in [6, 6.07) is 2.77. The van der Waals surface area contributed by atoms with E-state index in [2.05, 4.69) is 24.1 Å². The van der Waals surface area contributed by atoms with Gasteiger partial charge in [0.15, 0.2) is 11.6 Å². The van der Waals surface area contributed by atoms with Crippen LogP contribution in [0.2, 0.25) is 5.15 Å². The fraction of sp³-hybridized carbons (Fsp3) is 0.500. The Labute approximate surface area is 111 Å². The van der Waals surface area contributed by atoms with Gasteiger partial charge in [-0.1, -0.05) is 25.4 Å². The lowest BCUT2D eigenvalue weighted by molar-refractivity contribution is 0.516. The lowest BCUT2D eigenvalue weighted by Crippen LogP contribution is -2.31. The standard InChI is InChI=1S/C12H16ClFN4/c1-7(2)3-9(6-16)17-12-10(14)4-8(5-15)11(13)18-12/h4,7,9H,3,6,16H2,1-2H3,(H,17,18)/t9-/m0/s1. The summed E-state index contributed by atoms with van der Waals surface area (Å²) < 4.78 is 13.7. The molecule has 0 aliphatic rings. The smallest absolute Gasteiger partial charge is 0.166 e. The fourth-order valence-corrected chi connectivity index (χ4v) is 1.80. The summed E-state index contributed by atoms with van der Waals surface area (Å²) in [5.41, 5.74) is 5.64. The van der Waals surface area contributed by atoms with E-state index in [1.54, 1.807) is 6.07 Å². The van der Waals surface area contributed by atoms with Crippen LogP contribution in [-0.4, -0.2) is 17.6 Å². The number of nitrogens with two attached hydrogens (primary N) is 1. The molecule has 6 heteroatoms. The quantitative estimate of drug-likeness (QED) is 0.806. The Morgan fingerprint density at radius 2 is 2.28 bits per heavy atom. The Morgan fingerprint density at radius 3 is 2.78 bits per heavy atom. The first-order valence-electron chi connectivity index (χ1n) is 5.70. The molecule has 0 aliphatic heterocycles. The van der Waals surface area contributed by atoms with E-state index >= 15 is 0 Å². The third-order valence-corrected chi connectivity index (χ3v) is 2.72. The molecule has 0 aliphatic carbocycles. The minimum atomic E-state index is -0.599. The number of hydrogen-bond donors (Lipinski definition) is 2. The van der Waals surface area contributed by atoms with E-state index in [1.807, 2.05) is 0 Å². The monoisotopic (exact) mass is 270 g/mol. The van der Waals surface area contributed by atoms with Crippen LogP contribution in [-0.2, 0) is 0 Å². The van der Waals surface area contributed by atoms with E-state index in [4.69, 9.17) is 22.6 Å². The first kappa shape index (κ1) is 14.7. The minimum Gasteiger partial charge on any atom is -0.364 e. The Kier molecular flexibility index (Phi) is 5.32. The maximum Gasteiger partial charge on any atom is 0.166 e. The van der Waals surface area contributed by atoms with Crippen molar-refractivity contribution in [3.05, 3.63) is 22.6 Å². The summed E-state index contributed by atoms with van der Waals surface area (Å²) >= 11 is 5.76. The molecular weight excluding hydrogens is 255 g/mol. The van der Waals surface area contributed by atoms with Gasteiger partial charge in [0, 0.05) is 12.6 Å². The van der Waals surface area contributed by atoms with Crippen molar-refractivity contribution in [3.63, 3.8) is 0 Å². The molecule has 0 unspecified atom stereocenters. The molecule has 0 amide bonds. The van der Waals surface area contributed by atoms with Gasteiger partial charge in [-0.05, 0) is 18.4 Å². The third-order valence-electron chi connectivity index (χ3n) is 2.43. The van der Waals surface area contributed by atoms with Crippen LogP contribution in [0.4, 0.5) is 10.2 Å². The van der Waals surface area contributed by atoms with Crippen LogP contribution in [0.25, 0.3) is 0 Å². The Hall–Kier alpha value is -1.38. The molecular formula is C12H16ClFN4. The number of nitrogens with one attached hydrogen (secondary N) is 1. The normalized spacial score (nSPS) is 12.3. The second-order valence-electron chi connectivity index (χ2n) is 4.48. The molecule has 18 heavy (non-hydrogen) atoms. The molecule has 3 N–H and O–H groups in total. The molecule has 1 aromatic heterocycles. The molecule has 0 saturated carbocycles. The minimum absolute atomic E-state index is 0.0123. The van der Waals surface area contributed by atoms with Gasteiger partial charge in [0.2, 0.25) is 0 Å². The van der Waals surface area contributed by atoms with Gasteiger partial charge < -0.3 is 11.1 Å². The van der Waals surface area contributed by atoms with Gasteiger partial charge in [0.25, 0.3) is 0 Å². The predicted molar refractivity (Wildman–Crippen MR) is 69.8 cm³/mol. The molecule has 4 nitrogen and oxygen atoms in total. The zero-order valence-electron chi connectivity index (χ0n) is 10.4. The van der Waals surface area contributed by atoms with E-state index in [-0.39, 0.29) is 22.6 Å². The predicted octanol–water partition coefficient (Wildman–Crippen LogP) is 2.53. The van der Waals surface area contributed by atoms with Crippen LogP contribution in [0.15, 0.2) is 6.07 Å². The van der Waals surface area contributed by atoms with Crippen molar-refractivity contribution < 1.29 is 4.39 Å². The van der Waals surface area contributed by atoms with Gasteiger partial charge in [0.1, 0.15) is 11.2 Å². The summed E-state index contributed by atoms with van der Waals surface area (Å²) in [6.45, 7) is 4.48. The van der Waals surface area contributed by atoms with E-state index in [1.165, 1.54) is 0 Å². The summed E-state index contributed by atoms with van der Waals surface area (Å²) in [5, 5.41) is 11.6. The fourth-order valence-electron chi connectivity index (χ4n) is 1.62. The van der Waals surface area contributed by atoms with Gasteiger partial charge in [0.05, 0.1) is 5.56 Å². The summed E-state index contributed by atoms with van der Waals surface area (Å²) in [4.78, 5) is 3.84. The Balaban J connectivity index is 2.90. The molecule has 1 rings (SSSR count). The molecule has 0 bridgehead atoms. The lowest BCUT2D eigenvalue weighted by Gasteiger charge is -2.19. The molecule has 1 aromatic rings. The van der Waals surface area contributed by atoms with Gasteiger partial charge in [-0.15, -0.1) is 0 Å². The highest BCUT2D eigenvalue weighted by Crippen LogP contribution is 2.21. The van der Waals surface area contributed by atoms with E-state index in [0.29, 0.717) is 12.5 Å². The van der Waals surface area contributed by atoms with Crippen LogP contribution >= 0.6 is 11.6 Å². The molecule has 0 fully saturated rings. The number of rotatable bonds is 5. The van der Waals surface area contributed by atoms with E-state index in [9.17, 15) is 4.39 Å². The third kappa shape index (κ3) is 3.83. The molecule has 1 heterocycles. The van der Waals surface area contributed by atoms with Crippen LogP contribution in [0.5, 0.6) is 0 Å². The van der Waals surface area contributed by atoms with E-state index < -0.39 is 5.82 Å². The van der Waals surface area contributed by atoms with Gasteiger partial charge >= 0.3 is 0 Å². The van der Waals surface area contributed by atoms with Crippen molar-refractivity contribution in [1.82, 2.24) is 4.98 Å². The molecule has 0 aromatic carbocycles. The Bertz CT molecular complexity index is 456. The topological polar surface area (TPSA) is 74.7 Å². The van der Waals surface area contributed by atoms with Crippen LogP contribution in [0, 0.1) is 23.1 Å². The number of pyridine rings is 1. The second-order valence-corrected chi connectivity index (χ2v) is 4.83. The second kappa shape index (κ2) is 6.53. The van der Waals surface area contributed by atoms with Crippen molar-refractivity contribution in [2.24, 2.45) is 11.7 Å². The highest BCUT2D eigenvalue weighted by molar-refractivity contribution is 6.30. The van der Waals surface area contributed by atoms with Crippen molar-refractivity contribution >= 4 is 17.4 Å². The van der Waals surface area contributed by atoms with Crippen LogP contribution < -0.4 is 11.1 Å². The van der Waals surface area contributed by atoms with Gasteiger partial charge in [-0.3, -0.25) is 0 Å². The number of nitrogens with zero attached hydrogens (tertiary/aromatic N) is 2. The average molecular weight is 271 g/mol. The average Bonchev–Trinajstić information content (AvgIpc) is 2.31. The largest absolute Gasteiger partial charge is 0.364 e. The maximum atomic E-state index is 13.7. The van der Waals surface area contributed by atoms with Crippen molar-refractivity contribution in [1.29, 1.82) is 5.26 Å². The lowest BCUT2D eigenvalue weighted by atomic mass is 10.0. The molecule has 0 saturated heterocycles. The summed E-state index contributed by atoms with van der Waals surface area (Å²) in [6.07, 6.45) is 0.801. The van der Waals surface area contributed by atoms with E-state index in [0.717, 1.165) is 12.5 Å². The highest BCUT2D eigenvalue weighted by Gasteiger charge is 2.15. The number of aromatic nitrogens is 1. The molecule has 0 spiro atoms. The van der Waals surface area contributed by atoms with Crippen molar-refractivity contribution in [2.45, 2.75) is 26.3 Å². The van der Waals surface area contributed by atoms with Crippen molar-refractivity contribution in [2.75, 3.05) is 11.9 Å². The zero-order chi connectivity index (χ0) is 13.7. The summed E-state index contributed by atoms with van der Waals surface area (Å²) in [7, 11) is 0. The molecule has 0 radical (unpaired) electrons. The highest BCUT2D eigenvalue weighted by atomic mass is 35.5. The zero-order valence-corrected chi connectivity index (χ0v) is 11.1. The Morgan fingerprint density at radius 1 is 1.61 bits per heavy atom. The number of hydrogen-bond acceptors (Lipinski definition) is 4. The number of halogens is 2. The van der Waals surface area contributed by atoms with Crippen molar-refractivity contribution in [3.8, 4) is 6.07 Å². The molecule has 1 atom stereocenters. The van der Waals surface area contributed by atoms with Crippen LogP contribution in [0.3, 0.4) is 0 Å². The summed E-state index contributed by atoms with van der Waals surface area (Å²) in [5.74, 6) is -0.128. The number of nitriles is 1. The first-order valence-corrected chi connectivity index (χ1v) is 6.08. The number of anilines is 1. The van der Waals surface area contributed by atoms with Gasteiger partial charge in [-0.2, -0.15) is 5.26 Å². The van der Waals surface area contributed by atoms with Crippen LogP contribution in [0.1, 0.15) is 25.8 Å². The van der Waals surface area contributed by atoms with Gasteiger partial charge in [-0.25, -0.2) is 9.37 Å². The first-order chi connectivity index (χ1) is 8.47. The SMILES string of the molecule is CC(C)C[C@@H](CN)Nc1nc(Cl)c(C#N)cc1F. The maximum absolute atomic E-state index is 13.7.